The van der Waals surface area contributed by atoms with Crippen LogP contribution < -0.4 is 16.0 Å². The van der Waals surface area contributed by atoms with E-state index in [0.717, 1.165) is 5.56 Å². The fraction of sp³-hybridized carbons (Fsp3) is 0.273. The zero-order chi connectivity index (χ0) is 21.3. The van der Waals surface area contributed by atoms with Crippen LogP contribution in [0.25, 0.3) is 0 Å². The third-order valence-corrected chi connectivity index (χ3v) is 5.15. The van der Waals surface area contributed by atoms with E-state index in [1.165, 1.54) is 12.1 Å². The van der Waals surface area contributed by atoms with Crippen LogP contribution >= 0.6 is 0 Å². The highest BCUT2D eigenvalue weighted by Gasteiger charge is 2.33. The van der Waals surface area contributed by atoms with Gasteiger partial charge in [0, 0.05) is 24.6 Å². The van der Waals surface area contributed by atoms with Crippen LogP contribution in [0.1, 0.15) is 41.2 Å². The normalized spacial score (nSPS) is 15.2. The molecule has 7 nitrogen and oxygen atoms in total. The Bertz CT molecular complexity index is 1090. The van der Waals surface area contributed by atoms with Gasteiger partial charge in [-0.15, -0.1) is 0 Å². The van der Waals surface area contributed by atoms with Crippen molar-refractivity contribution in [3.8, 4) is 0 Å². The molecule has 0 bridgehead atoms. The number of fused-ring (bicyclic) bond motifs is 1. The molecule has 1 aliphatic rings. The van der Waals surface area contributed by atoms with Crippen LogP contribution in [0.2, 0.25) is 0 Å². The maximum absolute atomic E-state index is 14.2. The Labute approximate surface area is 174 Å². The average molecular weight is 406 g/mol. The molecule has 0 fully saturated rings. The number of benzene rings is 2. The Morgan fingerprint density at radius 2 is 2.00 bits per heavy atom. The molecule has 154 valence electrons. The molecule has 3 N–H and O–H groups in total. The maximum Gasteiger partial charge on any atom is 0.249 e. The number of nitrogens with two attached hydrogens (primary N) is 1. The van der Waals surface area contributed by atoms with E-state index in [9.17, 15) is 9.18 Å². The van der Waals surface area contributed by atoms with E-state index in [0.29, 0.717) is 48.4 Å². The number of anilines is 3. The van der Waals surface area contributed by atoms with Crippen molar-refractivity contribution in [3.63, 3.8) is 0 Å². The first kappa shape index (κ1) is 19.8. The number of aromatic nitrogens is 3. The molecule has 4 rings (SSSR count). The van der Waals surface area contributed by atoms with Crippen LogP contribution in [0.15, 0.2) is 42.5 Å². The van der Waals surface area contributed by atoms with Gasteiger partial charge in [0.1, 0.15) is 11.6 Å². The first-order chi connectivity index (χ1) is 14.5. The minimum absolute atomic E-state index is 0.0611. The number of nitrogens with zero attached hydrogens (tertiary/aromatic N) is 4. The molecule has 0 saturated heterocycles. The first-order valence-electron chi connectivity index (χ1n) is 9.90. The van der Waals surface area contributed by atoms with Crippen molar-refractivity contribution >= 4 is 23.5 Å². The fourth-order valence-electron chi connectivity index (χ4n) is 3.73. The van der Waals surface area contributed by atoms with Gasteiger partial charge in [-0.2, -0.15) is 15.0 Å². The van der Waals surface area contributed by atoms with Gasteiger partial charge in [0.25, 0.3) is 0 Å². The van der Waals surface area contributed by atoms with Gasteiger partial charge in [0.2, 0.25) is 17.8 Å². The summed E-state index contributed by atoms with van der Waals surface area (Å²) in [5.74, 6) is 0.337. The molecule has 0 spiro atoms. The lowest BCUT2D eigenvalue weighted by atomic mass is 10.0. The average Bonchev–Trinajstić information content (AvgIpc) is 3.07. The van der Waals surface area contributed by atoms with Crippen LogP contribution in [0, 0.1) is 5.82 Å². The monoisotopic (exact) mass is 406 g/mol. The molecule has 0 aliphatic carbocycles. The molecule has 30 heavy (non-hydrogen) atoms. The summed E-state index contributed by atoms with van der Waals surface area (Å²) in [5.41, 5.74) is 8.06. The quantitative estimate of drug-likeness (QED) is 0.651. The number of rotatable bonds is 6. The number of carbonyl (C=O) groups excluding carboxylic acids is 1. The summed E-state index contributed by atoms with van der Waals surface area (Å²) in [6.07, 6.45) is 1.17. The highest BCUT2D eigenvalue weighted by molar-refractivity contribution is 5.97. The van der Waals surface area contributed by atoms with E-state index in [2.05, 4.69) is 20.3 Å². The van der Waals surface area contributed by atoms with Crippen LogP contribution in [-0.4, -0.2) is 26.9 Å². The summed E-state index contributed by atoms with van der Waals surface area (Å²) in [6.45, 7) is 4.52. The van der Waals surface area contributed by atoms with Gasteiger partial charge < -0.3 is 16.0 Å². The molecule has 1 unspecified atom stereocenters. The van der Waals surface area contributed by atoms with E-state index in [4.69, 9.17) is 5.73 Å². The van der Waals surface area contributed by atoms with E-state index < -0.39 is 11.7 Å². The minimum Gasteiger partial charge on any atom is -0.366 e. The van der Waals surface area contributed by atoms with Crippen molar-refractivity contribution in [1.82, 2.24) is 15.0 Å². The summed E-state index contributed by atoms with van der Waals surface area (Å²) in [7, 11) is 0. The van der Waals surface area contributed by atoms with Crippen molar-refractivity contribution in [2.24, 2.45) is 5.73 Å². The SMILES string of the molecule is CCc1nc(NCc2ccccc2)nc(N2c3cc(F)cc(C(N)=O)c3CC2C)n1. The zero-order valence-electron chi connectivity index (χ0n) is 16.9. The second-order valence-electron chi connectivity index (χ2n) is 7.31. The number of hydrogen-bond acceptors (Lipinski definition) is 6. The molecule has 8 heteroatoms. The first-order valence-corrected chi connectivity index (χ1v) is 9.90. The molecular weight excluding hydrogens is 383 g/mol. The van der Waals surface area contributed by atoms with Crippen molar-refractivity contribution in [2.75, 3.05) is 10.2 Å². The van der Waals surface area contributed by atoms with Crippen molar-refractivity contribution in [3.05, 3.63) is 70.8 Å². The number of amides is 1. The Morgan fingerprint density at radius 1 is 1.23 bits per heavy atom. The van der Waals surface area contributed by atoms with Gasteiger partial charge in [-0.05, 0) is 36.6 Å². The second kappa shape index (κ2) is 8.06. The third-order valence-electron chi connectivity index (χ3n) is 5.15. The van der Waals surface area contributed by atoms with Crippen molar-refractivity contribution < 1.29 is 9.18 Å². The Morgan fingerprint density at radius 3 is 2.70 bits per heavy atom. The summed E-state index contributed by atoms with van der Waals surface area (Å²) >= 11 is 0. The molecule has 1 amide bonds. The molecule has 1 aliphatic heterocycles. The smallest absolute Gasteiger partial charge is 0.249 e. The van der Waals surface area contributed by atoms with Crippen LogP contribution in [0.4, 0.5) is 22.0 Å². The Balaban J connectivity index is 1.71. The second-order valence-corrected chi connectivity index (χ2v) is 7.31. The number of hydrogen-bond donors (Lipinski definition) is 2. The van der Waals surface area contributed by atoms with Gasteiger partial charge in [0.05, 0.1) is 5.69 Å². The molecule has 1 aromatic heterocycles. The number of carbonyl (C=O) groups is 1. The Kier molecular flexibility index (Phi) is 5.31. The van der Waals surface area contributed by atoms with Crippen LogP contribution in [-0.2, 0) is 19.4 Å². The molecule has 3 aromatic rings. The molecule has 1 atom stereocenters. The zero-order valence-corrected chi connectivity index (χ0v) is 16.9. The standard InChI is InChI=1S/C22H23FN6O/c1-3-19-26-21(25-12-14-7-5-4-6-8-14)28-22(27-19)29-13(2)9-16-17(20(24)30)10-15(23)11-18(16)29/h4-8,10-11,13H,3,9,12H2,1-2H3,(H2,24,30)(H,25,26,27,28). The number of nitrogens with one attached hydrogen (secondary N) is 1. The molecular formula is C22H23FN6O. The molecule has 2 heterocycles. The minimum atomic E-state index is -0.644. The summed E-state index contributed by atoms with van der Waals surface area (Å²) < 4.78 is 14.2. The van der Waals surface area contributed by atoms with Gasteiger partial charge >= 0.3 is 0 Å². The number of halogens is 1. The van der Waals surface area contributed by atoms with Gasteiger partial charge in [0.15, 0.2) is 0 Å². The van der Waals surface area contributed by atoms with E-state index >= 15 is 0 Å². The van der Waals surface area contributed by atoms with Crippen molar-refractivity contribution in [1.29, 1.82) is 0 Å². The largest absolute Gasteiger partial charge is 0.366 e. The fourth-order valence-corrected chi connectivity index (χ4v) is 3.73. The number of aryl methyl sites for hydroxylation is 1. The van der Waals surface area contributed by atoms with Gasteiger partial charge in [-0.1, -0.05) is 37.3 Å². The van der Waals surface area contributed by atoms with Crippen molar-refractivity contribution in [2.45, 2.75) is 39.3 Å². The topological polar surface area (TPSA) is 97.0 Å². The molecule has 2 aromatic carbocycles. The maximum atomic E-state index is 14.2. The third kappa shape index (κ3) is 3.80. The van der Waals surface area contributed by atoms with Gasteiger partial charge in [-0.25, -0.2) is 4.39 Å². The predicted molar refractivity (Wildman–Crippen MR) is 113 cm³/mol. The van der Waals surface area contributed by atoms with E-state index in [1.54, 1.807) is 0 Å². The van der Waals surface area contributed by atoms with E-state index in [1.807, 2.05) is 49.1 Å². The van der Waals surface area contributed by atoms with Crippen LogP contribution in [0.3, 0.4) is 0 Å². The molecule has 0 saturated carbocycles. The summed E-state index contributed by atoms with van der Waals surface area (Å²) in [4.78, 5) is 27.3. The van der Waals surface area contributed by atoms with Crippen LogP contribution in [0.5, 0.6) is 0 Å². The van der Waals surface area contributed by atoms with Gasteiger partial charge in [-0.3, -0.25) is 4.79 Å². The summed E-state index contributed by atoms with van der Waals surface area (Å²) in [5, 5.41) is 3.24. The highest BCUT2D eigenvalue weighted by Crippen LogP contribution is 2.39. The lowest BCUT2D eigenvalue weighted by molar-refractivity contribution is 0.0999. The lowest BCUT2D eigenvalue weighted by Crippen LogP contribution is -2.27. The molecule has 0 radical (unpaired) electrons. The Hall–Kier alpha value is -3.55. The van der Waals surface area contributed by atoms with E-state index in [-0.39, 0.29) is 11.6 Å². The number of primary amides is 1. The summed E-state index contributed by atoms with van der Waals surface area (Å²) in [6, 6.07) is 12.5. The predicted octanol–water partition coefficient (Wildman–Crippen LogP) is 3.37. The lowest BCUT2D eigenvalue weighted by Gasteiger charge is -2.23. The highest BCUT2D eigenvalue weighted by atomic mass is 19.1.